The number of rotatable bonds is 38. The second kappa shape index (κ2) is 39.8. The van der Waals surface area contributed by atoms with Crippen LogP contribution in [0.3, 0.4) is 0 Å². The van der Waals surface area contributed by atoms with E-state index in [9.17, 15) is 0 Å². The van der Waals surface area contributed by atoms with Crippen molar-refractivity contribution in [2.45, 2.75) is 258 Å². The number of hydrogen-bond donors (Lipinski definition) is 0. The minimum atomic E-state index is 0.959. The molecule has 0 aliphatic rings. The normalized spacial score (nSPS) is 12.5. The summed E-state index contributed by atoms with van der Waals surface area (Å²) in [4.78, 5) is 0. The van der Waals surface area contributed by atoms with E-state index in [-0.39, 0.29) is 0 Å². The highest BCUT2D eigenvalue weighted by Gasteiger charge is 2.02. The average molecular weight is 603 g/mol. The molecule has 0 nitrogen and oxygen atoms in total. The van der Waals surface area contributed by atoms with Gasteiger partial charge in [0, 0.05) is 0 Å². The van der Waals surface area contributed by atoms with Gasteiger partial charge in [-0.05, 0) is 31.6 Å². The van der Waals surface area contributed by atoms with Crippen molar-refractivity contribution in [3.8, 4) is 0 Å². The number of hydrogen-bond acceptors (Lipinski definition) is 0. The fourth-order valence-electron chi connectivity index (χ4n) is 6.81. The topological polar surface area (TPSA) is 0 Å². The molecule has 0 aliphatic heterocycles. The predicted octanol–water partition coefficient (Wildman–Crippen LogP) is 16.7. The van der Waals surface area contributed by atoms with Crippen molar-refractivity contribution >= 4 is 0 Å². The minimum absolute atomic E-state index is 0.959. The summed E-state index contributed by atoms with van der Waals surface area (Å²) in [6, 6.07) is 0. The zero-order valence-corrected chi connectivity index (χ0v) is 30.9. The van der Waals surface area contributed by atoms with Crippen LogP contribution in [0, 0.1) is 5.92 Å². The van der Waals surface area contributed by atoms with Crippen molar-refractivity contribution in [1.29, 1.82) is 0 Å². The molecule has 0 spiro atoms. The first kappa shape index (κ1) is 42.7. The Kier molecular flexibility index (Phi) is 39.5. The summed E-state index contributed by atoms with van der Waals surface area (Å²) in [6.45, 7) is 7.12. The molecular formula is C43H86. The molecule has 0 bridgehead atoms. The van der Waals surface area contributed by atoms with Gasteiger partial charge in [0.15, 0.2) is 0 Å². The lowest BCUT2D eigenvalue weighted by Crippen LogP contribution is -1.95. The van der Waals surface area contributed by atoms with E-state index in [0.29, 0.717) is 0 Å². The van der Waals surface area contributed by atoms with E-state index in [1.165, 1.54) is 238 Å². The van der Waals surface area contributed by atoms with Crippen LogP contribution in [-0.4, -0.2) is 0 Å². The standard InChI is InChI=1S/C43H86/c1-4-6-8-10-12-14-15-16-17-18-19-20-21-22-23-24-25-26-27-28-29-30-31-32-34-36-38-40-42-43(3)41-39-37-35-33-13-11-9-7-5-2/h27-28,43H,4-26,29-42H2,1-3H3. The maximum Gasteiger partial charge on any atom is -0.0351 e. The highest BCUT2D eigenvalue weighted by Crippen LogP contribution is 2.19. The Balaban J connectivity index is 3.16. The Hall–Kier alpha value is -0.260. The summed E-state index contributed by atoms with van der Waals surface area (Å²) in [5.41, 5.74) is 0. The smallest absolute Gasteiger partial charge is 0.0351 e. The Morgan fingerprint density at radius 2 is 0.488 bits per heavy atom. The molecule has 258 valence electrons. The van der Waals surface area contributed by atoms with Gasteiger partial charge in [-0.25, -0.2) is 0 Å². The van der Waals surface area contributed by atoms with Crippen LogP contribution in [0.15, 0.2) is 12.2 Å². The van der Waals surface area contributed by atoms with Crippen LogP contribution in [-0.2, 0) is 0 Å². The van der Waals surface area contributed by atoms with Crippen molar-refractivity contribution in [3.05, 3.63) is 12.2 Å². The lowest BCUT2D eigenvalue weighted by atomic mass is 9.95. The van der Waals surface area contributed by atoms with Crippen molar-refractivity contribution in [3.63, 3.8) is 0 Å². The Labute approximate surface area is 275 Å². The van der Waals surface area contributed by atoms with Crippen LogP contribution < -0.4 is 0 Å². The highest BCUT2D eigenvalue weighted by atomic mass is 14.1. The third-order valence-electron chi connectivity index (χ3n) is 10.0. The van der Waals surface area contributed by atoms with Crippen molar-refractivity contribution in [2.75, 3.05) is 0 Å². The summed E-state index contributed by atoms with van der Waals surface area (Å²) < 4.78 is 0. The molecule has 0 N–H and O–H groups in total. The zero-order valence-electron chi connectivity index (χ0n) is 30.9. The van der Waals surface area contributed by atoms with Crippen LogP contribution in [0.2, 0.25) is 0 Å². The molecule has 0 saturated carbocycles. The Bertz CT molecular complexity index is 490. The van der Waals surface area contributed by atoms with Crippen LogP contribution in [0.4, 0.5) is 0 Å². The van der Waals surface area contributed by atoms with E-state index in [1.54, 1.807) is 0 Å². The van der Waals surface area contributed by atoms with Gasteiger partial charge in [0.05, 0.1) is 0 Å². The first-order valence-corrected chi connectivity index (χ1v) is 21.0. The molecule has 0 aromatic rings. The number of allylic oxidation sites excluding steroid dienone is 2. The maximum absolute atomic E-state index is 2.50. The van der Waals surface area contributed by atoms with E-state index >= 15 is 0 Å². The monoisotopic (exact) mass is 603 g/mol. The maximum atomic E-state index is 2.50. The highest BCUT2D eigenvalue weighted by molar-refractivity contribution is 4.81. The van der Waals surface area contributed by atoms with E-state index in [4.69, 9.17) is 0 Å². The van der Waals surface area contributed by atoms with Crippen molar-refractivity contribution in [1.82, 2.24) is 0 Å². The molecule has 0 saturated heterocycles. The predicted molar refractivity (Wildman–Crippen MR) is 200 cm³/mol. The van der Waals surface area contributed by atoms with Gasteiger partial charge in [0.1, 0.15) is 0 Å². The summed E-state index contributed by atoms with van der Waals surface area (Å²) >= 11 is 0. The fourth-order valence-corrected chi connectivity index (χ4v) is 6.81. The lowest BCUT2D eigenvalue weighted by Gasteiger charge is -2.11. The van der Waals surface area contributed by atoms with Gasteiger partial charge in [0.25, 0.3) is 0 Å². The molecule has 0 rings (SSSR count). The Morgan fingerprint density at radius 1 is 0.279 bits per heavy atom. The molecule has 0 heteroatoms. The van der Waals surface area contributed by atoms with E-state index in [1.807, 2.05) is 0 Å². The number of unbranched alkanes of at least 4 members (excludes halogenated alkanes) is 32. The molecule has 1 unspecified atom stereocenters. The van der Waals surface area contributed by atoms with E-state index in [0.717, 1.165) is 5.92 Å². The third kappa shape index (κ3) is 39.7. The van der Waals surface area contributed by atoms with Gasteiger partial charge in [0.2, 0.25) is 0 Å². The summed E-state index contributed by atoms with van der Waals surface area (Å²) in [6.07, 6.45) is 58.8. The molecule has 0 heterocycles. The average Bonchev–Trinajstić information content (AvgIpc) is 3.01. The lowest BCUT2D eigenvalue weighted by molar-refractivity contribution is 0.430. The van der Waals surface area contributed by atoms with Gasteiger partial charge < -0.3 is 0 Å². The third-order valence-corrected chi connectivity index (χ3v) is 10.0. The molecule has 0 aliphatic carbocycles. The van der Waals surface area contributed by atoms with Crippen molar-refractivity contribution < 1.29 is 0 Å². The Morgan fingerprint density at radius 3 is 0.744 bits per heavy atom. The molecule has 0 aromatic heterocycles. The molecule has 0 amide bonds. The van der Waals surface area contributed by atoms with E-state index in [2.05, 4.69) is 32.9 Å². The summed E-state index contributed by atoms with van der Waals surface area (Å²) in [7, 11) is 0. The quantitative estimate of drug-likeness (QED) is 0.0487. The van der Waals surface area contributed by atoms with Crippen LogP contribution in [0.25, 0.3) is 0 Å². The van der Waals surface area contributed by atoms with Gasteiger partial charge in [-0.3, -0.25) is 0 Å². The van der Waals surface area contributed by atoms with Gasteiger partial charge in [-0.15, -0.1) is 0 Å². The second-order valence-electron chi connectivity index (χ2n) is 14.7. The van der Waals surface area contributed by atoms with E-state index < -0.39 is 0 Å². The van der Waals surface area contributed by atoms with Crippen LogP contribution in [0.5, 0.6) is 0 Å². The first-order valence-electron chi connectivity index (χ1n) is 21.0. The van der Waals surface area contributed by atoms with Gasteiger partial charge in [-0.2, -0.15) is 0 Å². The van der Waals surface area contributed by atoms with Crippen LogP contribution in [0.1, 0.15) is 258 Å². The van der Waals surface area contributed by atoms with Crippen LogP contribution >= 0.6 is 0 Å². The SMILES string of the molecule is CCCCCCCCCCCCCCCCCCCC=CCCCCCCCCCC(C)CCCCCCCCCCC. The second-order valence-corrected chi connectivity index (χ2v) is 14.7. The molecule has 0 radical (unpaired) electrons. The zero-order chi connectivity index (χ0) is 31.2. The van der Waals surface area contributed by atoms with Gasteiger partial charge in [-0.1, -0.05) is 245 Å². The molecule has 1 atom stereocenters. The summed E-state index contributed by atoms with van der Waals surface area (Å²) in [5, 5.41) is 0. The molecule has 0 fully saturated rings. The molecular weight excluding hydrogens is 516 g/mol. The molecule has 0 aromatic carbocycles. The fraction of sp³-hybridized carbons (Fsp3) is 0.953. The van der Waals surface area contributed by atoms with Gasteiger partial charge >= 0.3 is 0 Å². The summed E-state index contributed by atoms with van der Waals surface area (Å²) in [5.74, 6) is 0.959. The van der Waals surface area contributed by atoms with Crippen molar-refractivity contribution in [2.24, 2.45) is 5.92 Å². The minimum Gasteiger partial charge on any atom is -0.0885 e. The molecule has 43 heavy (non-hydrogen) atoms. The largest absolute Gasteiger partial charge is 0.0885 e. The first-order chi connectivity index (χ1) is 21.3.